The number of nitrogens with two attached hydrogens (primary N) is 1. The lowest BCUT2D eigenvalue weighted by Gasteiger charge is -2.03. The fraction of sp³-hybridized carbons (Fsp3) is 0.333. The second-order valence-corrected chi connectivity index (χ2v) is 1.53. The third-order valence-corrected chi connectivity index (χ3v) is 0.778. The Morgan fingerprint density at radius 1 is 1.62 bits per heavy atom. The van der Waals surface area contributed by atoms with E-state index >= 15 is 0 Å². The molecule has 0 aromatic heterocycles. The van der Waals surface area contributed by atoms with Gasteiger partial charge in [-0.05, 0) is 6.92 Å². The molecule has 2 heteroatoms. The average molecular weight is 112 g/mol. The SMILES string of the molecule is C=C(N)C(=C)NCC. The van der Waals surface area contributed by atoms with Gasteiger partial charge in [0.2, 0.25) is 0 Å². The van der Waals surface area contributed by atoms with Gasteiger partial charge in [-0.2, -0.15) is 0 Å². The average Bonchev–Trinajstić information content (AvgIpc) is 1.67. The molecule has 8 heavy (non-hydrogen) atoms. The molecule has 0 aliphatic rings. The van der Waals surface area contributed by atoms with Gasteiger partial charge < -0.3 is 11.1 Å². The van der Waals surface area contributed by atoms with Crippen molar-refractivity contribution in [3.05, 3.63) is 24.6 Å². The van der Waals surface area contributed by atoms with Crippen molar-refractivity contribution in [1.82, 2.24) is 5.32 Å². The first-order valence-corrected chi connectivity index (χ1v) is 2.56. The lowest BCUT2D eigenvalue weighted by Crippen LogP contribution is -2.15. The van der Waals surface area contributed by atoms with Crippen LogP contribution < -0.4 is 11.1 Å². The Balaban J connectivity index is 3.49. The molecular weight excluding hydrogens is 100 g/mol. The molecule has 2 nitrogen and oxygen atoms in total. The Morgan fingerprint density at radius 3 is 2.25 bits per heavy atom. The summed E-state index contributed by atoms with van der Waals surface area (Å²) in [4.78, 5) is 0. The molecule has 0 aromatic carbocycles. The normalized spacial score (nSPS) is 8.12. The summed E-state index contributed by atoms with van der Waals surface area (Å²) in [5.74, 6) is 0. The second kappa shape index (κ2) is 3.13. The van der Waals surface area contributed by atoms with Crippen LogP contribution in [0.1, 0.15) is 6.92 Å². The highest BCUT2D eigenvalue weighted by molar-refractivity contribution is 5.18. The quantitative estimate of drug-likeness (QED) is 0.524. The summed E-state index contributed by atoms with van der Waals surface area (Å²) in [5.41, 5.74) is 6.49. The van der Waals surface area contributed by atoms with Crippen LogP contribution in [0.4, 0.5) is 0 Å². The molecule has 0 aliphatic carbocycles. The number of likely N-dealkylation sites (N-methyl/N-ethyl adjacent to an activating group) is 1. The number of hydrogen-bond acceptors (Lipinski definition) is 2. The largest absolute Gasteiger partial charge is 0.398 e. The molecular formula is C6H12N2. The fourth-order valence-electron chi connectivity index (χ4n) is 0.327. The molecule has 0 spiro atoms. The first kappa shape index (κ1) is 7.08. The van der Waals surface area contributed by atoms with E-state index in [1.807, 2.05) is 6.92 Å². The van der Waals surface area contributed by atoms with Crippen molar-refractivity contribution in [3.8, 4) is 0 Å². The first-order valence-electron chi connectivity index (χ1n) is 2.56. The van der Waals surface area contributed by atoms with Gasteiger partial charge in [0.25, 0.3) is 0 Å². The van der Waals surface area contributed by atoms with Crippen molar-refractivity contribution in [3.63, 3.8) is 0 Å². The zero-order chi connectivity index (χ0) is 6.57. The second-order valence-electron chi connectivity index (χ2n) is 1.53. The topological polar surface area (TPSA) is 38.0 Å². The summed E-state index contributed by atoms with van der Waals surface area (Å²) in [6.07, 6.45) is 0. The summed E-state index contributed by atoms with van der Waals surface area (Å²) in [6, 6.07) is 0. The van der Waals surface area contributed by atoms with Crippen LogP contribution in [0.3, 0.4) is 0 Å². The summed E-state index contributed by atoms with van der Waals surface area (Å²) < 4.78 is 0. The van der Waals surface area contributed by atoms with E-state index in [0.29, 0.717) is 11.4 Å². The monoisotopic (exact) mass is 112 g/mol. The summed E-state index contributed by atoms with van der Waals surface area (Å²) >= 11 is 0. The molecule has 0 aromatic rings. The van der Waals surface area contributed by atoms with E-state index in [1.165, 1.54) is 0 Å². The van der Waals surface area contributed by atoms with Crippen molar-refractivity contribution in [2.75, 3.05) is 6.54 Å². The van der Waals surface area contributed by atoms with E-state index in [2.05, 4.69) is 18.5 Å². The molecule has 3 N–H and O–H groups in total. The van der Waals surface area contributed by atoms with Gasteiger partial charge in [0, 0.05) is 17.9 Å². The maximum atomic E-state index is 5.27. The molecule has 0 bridgehead atoms. The Hall–Kier alpha value is -0.920. The molecule has 46 valence electrons. The Bertz CT molecular complexity index is 105. The van der Waals surface area contributed by atoms with Crippen LogP contribution in [0.15, 0.2) is 24.6 Å². The third kappa shape index (κ3) is 2.29. The molecule has 0 saturated heterocycles. The molecule has 0 amide bonds. The van der Waals surface area contributed by atoms with Crippen LogP contribution in [0.25, 0.3) is 0 Å². The maximum Gasteiger partial charge on any atom is 0.0494 e. The van der Waals surface area contributed by atoms with Crippen LogP contribution in [-0.2, 0) is 0 Å². The number of rotatable bonds is 3. The van der Waals surface area contributed by atoms with Gasteiger partial charge in [-0.1, -0.05) is 13.2 Å². The van der Waals surface area contributed by atoms with E-state index < -0.39 is 0 Å². The van der Waals surface area contributed by atoms with Gasteiger partial charge in [-0.15, -0.1) is 0 Å². The van der Waals surface area contributed by atoms with E-state index in [1.54, 1.807) is 0 Å². The third-order valence-electron chi connectivity index (χ3n) is 0.778. The predicted molar refractivity (Wildman–Crippen MR) is 36.1 cm³/mol. The highest BCUT2D eigenvalue weighted by atomic mass is 14.9. The minimum Gasteiger partial charge on any atom is -0.398 e. The molecule has 0 rings (SSSR count). The smallest absolute Gasteiger partial charge is 0.0494 e. The van der Waals surface area contributed by atoms with Crippen molar-refractivity contribution >= 4 is 0 Å². The molecule has 0 atom stereocenters. The molecule has 0 unspecified atom stereocenters. The van der Waals surface area contributed by atoms with E-state index in [-0.39, 0.29) is 0 Å². The van der Waals surface area contributed by atoms with Crippen LogP contribution in [0, 0.1) is 0 Å². The highest BCUT2D eigenvalue weighted by Crippen LogP contribution is 1.88. The maximum absolute atomic E-state index is 5.27. The lowest BCUT2D eigenvalue weighted by molar-refractivity contribution is 0.864. The Kier molecular flexibility index (Phi) is 2.77. The van der Waals surface area contributed by atoms with Gasteiger partial charge in [-0.3, -0.25) is 0 Å². The molecule has 0 aliphatic heterocycles. The van der Waals surface area contributed by atoms with E-state index in [4.69, 9.17) is 5.73 Å². The molecule has 0 radical (unpaired) electrons. The predicted octanol–water partition coefficient (Wildman–Crippen LogP) is 0.582. The highest BCUT2D eigenvalue weighted by Gasteiger charge is 1.87. The van der Waals surface area contributed by atoms with Gasteiger partial charge in [0.15, 0.2) is 0 Å². The van der Waals surface area contributed by atoms with E-state index in [9.17, 15) is 0 Å². The van der Waals surface area contributed by atoms with Crippen molar-refractivity contribution in [2.45, 2.75) is 6.92 Å². The van der Waals surface area contributed by atoms with Gasteiger partial charge >= 0.3 is 0 Å². The Labute approximate surface area is 50.1 Å². The summed E-state index contributed by atoms with van der Waals surface area (Å²) in [6.45, 7) is 9.92. The molecule has 0 heterocycles. The summed E-state index contributed by atoms with van der Waals surface area (Å²) in [5, 5.41) is 2.93. The Morgan fingerprint density at radius 2 is 2.12 bits per heavy atom. The minimum absolute atomic E-state index is 0.506. The standard InChI is InChI=1S/C6H12N2/c1-4-8-6(3)5(2)7/h8H,2-4,7H2,1H3. The van der Waals surface area contributed by atoms with Crippen LogP contribution >= 0.6 is 0 Å². The number of hydrogen-bond donors (Lipinski definition) is 2. The van der Waals surface area contributed by atoms with Gasteiger partial charge in [0.1, 0.15) is 0 Å². The van der Waals surface area contributed by atoms with Gasteiger partial charge in [0.05, 0.1) is 0 Å². The van der Waals surface area contributed by atoms with Crippen molar-refractivity contribution in [1.29, 1.82) is 0 Å². The molecule has 0 saturated carbocycles. The summed E-state index contributed by atoms with van der Waals surface area (Å²) in [7, 11) is 0. The minimum atomic E-state index is 0.506. The fourth-order valence-corrected chi connectivity index (χ4v) is 0.327. The van der Waals surface area contributed by atoms with Crippen LogP contribution in [-0.4, -0.2) is 6.54 Å². The van der Waals surface area contributed by atoms with E-state index in [0.717, 1.165) is 6.54 Å². The van der Waals surface area contributed by atoms with Gasteiger partial charge in [-0.25, -0.2) is 0 Å². The van der Waals surface area contributed by atoms with Crippen LogP contribution in [0.2, 0.25) is 0 Å². The van der Waals surface area contributed by atoms with Crippen molar-refractivity contribution in [2.24, 2.45) is 5.73 Å². The first-order chi connectivity index (χ1) is 3.68. The van der Waals surface area contributed by atoms with Crippen LogP contribution in [0.5, 0.6) is 0 Å². The van der Waals surface area contributed by atoms with Crippen molar-refractivity contribution < 1.29 is 0 Å². The lowest BCUT2D eigenvalue weighted by atomic mass is 10.4. The molecule has 0 fully saturated rings. The zero-order valence-corrected chi connectivity index (χ0v) is 5.20. The zero-order valence-electron chi connectivity index (χ0n) is 5.20. The number of nitrogens with one attached hydrogen (secondary N) is 1.